The molecule has 0 saturated carbocycles. The van der Waals surface area contributed by atoms with Gasteiger partial charge in [-0.15, -0.1) is 0 Å². The van der Waals surface area contributed by atoms with Crippen LogP contribution in [0.15, 0.2) is 0 Å². The highest BCUT2D eigenvalue weighted by Gasteiger charge is 2.36. The Morgan fingerprint density at radius 1 is 1.62 bits per heavy atom. The Bertz CT molecular complexity index is 281. The van der Waals surface area contributed by atoms with Gasteiger partial charge in [-0.25, -0.2) is 0 Å². The van der Waals surface area contributed by atoms with E-state index in [1.54, 1.807) is 6.07 Å². The fourth-order valence-corrected chi connectivity index (χ4v) is 1.16. The quantitative estimate of drug-likeness (QED) is 0.630. The number of nitrogens with one attached hydrogen (secondary N) is 1. The van der Waals surface area contributed by atoms with E-state index >= 15 is 0 Å². The van der Waals surface area contributed by atoms with Crippen LogP contribution in [-0.2, 0) is 9.53 Å². The van der Waals surface area contributed by atoms with Crippen molar-refractivity contribution in [1.82, 2.24) is 5.32 Å². The van der Waals surface area contributed by atoms with Crippen LogP contribution < -0.4 is 5.32 Å². The predicted molar refractivity (Wildman–Crippen MR) is 42.2 cm³/mol. The lowest BCUT2D eigenvalue weighted by atomic mass is 10.0. The third-order valence-corrected chi connectivity index (χ3v) is 1.85. The summed E-state index contributed by atoms with van der Waals surface area (Å²) < 4.78 is 5.01. The smallest absolute Gasteiger partial charge is 0.235 e. The normalized spacial score (nSPS) is 26.0. The molecule has 1 saturated heterocycles. The van der Waals surface area contributed by atoms with Crippen molar-refractivity contribution in [2.75, 3.05) is 13.2 Å². The Morgan fingerprint density at radius 3 is 2.85 bits per heavy atom. The first-order valence-electron chi connectivity index (χ1n) is 3.89. The van der Waals surface area contributed by atoms with Crippen LogP contribution in [0.1, 0.15) is 12.8 Å². The summed E-state index contributed by atoms with van der Waals surface area (Å²) in [6, 6.07) is 3.72. The van der Waals surface area contributed by atoms with Gasteiger partial charge >= 0.3 is 0 Å². The summed E-state index contributed by atoms with van der Waals surface area (Å²) in [6.07, 6.45) is 0.268. The number of ether oxygens (including phenoxy) is 1. The monoisotopic (exact) mass is 179 g/mol. The molecule has 1 heterocycles. The Morgan fingerprint density at radius 2 is 2.38 bits per heavy atom. The molecule has 0 aromatic rings. The first-order chi connectivity index (χ1) is 6.22. The summed E-state index contributed by atoms with van der Waals surface area (Å²) in [7, 11) is 0. The first kappa shape index (κ1) is 9.50. The number of nitriles is 2. The van der Waals surface area contributed by atoms with E-state index < -0.39 is 11.4 Å². The molecule has 0 aromatic heterocycles. The lowest BCUT2D eigenvalue weighted by Crippen LogP contribution is -2.47. The maximum atomic E-state index is 11.0. The molecule has 13 heavy (non-hydrogen) atoms. The van der Waals surface area contributed by atoms with E-state index in [0.29, 0.717) is 13.0 Å². The molecule has 0 bridgehead atoms. The molecule has 1 aliphatic heterocycles. The number of amides is 1. The van der Waals surface area contributed by atoms with Gasteiger partial charge in [0.1, 0.15) is 6.42 Å². The van der Waals surface area contributed by atoms with Gasteiger partial charge < -0.3 is 10.1 Å². The molecule has 1 fully saturated rings. The van der Waals surface area contributed by atoms with Crippen LogP contribution in [-0.4, -0.2) is 24.7 Å². The molecule has 1 unspecified atom stereocenters. The van der Waals surface area contributed by atoms with Gasteiger partial charge in [0.05, 0.1) is 25.4 Å². The average Bonchev–Trinajstić information content (AvgIpc) is 2.54. The van der Waals surface area contributed by atoms with Crippen LogP contribution in [0.2, 0.25) is 0 Å². The van der Waals surface area contributed by atoms with E-state index in [9.17, 15) is 4.79 Å². The Hall–Kier alpha value is -1.59. The van der Waals surface area contributed by atoms with Crippen molar-refractivity contribution in [3.8, 4) is 12.1 Å². The van der Waals surface area contributed by atoms with Crippen molar-refractivity contribution in [1.29, 1.82) is 10.5 Å². The van der Waals surface area contributed by atoms with Gasteiger partial charge in [0, 0.05) is 6.42 Å². The maximum Gasteiger partial charge on any atom is 0.235 e. The molecule has 0 aromatic carbocycles. The van der Waals surface area contributed by atoms with E-state index in [2.05, 4.69) is 5.32 Å². The zero-order valence-electron chi connectivity index (χ0n) is 7.04. The van der Waals surface area contributed by atoms with Crippen LogP contribution in [0.3, 0.4) is 0 Å². The summed E-state index contributed by atoms with van der Waals surface area (Å²) in [6.45, 7) is 0.682. The number of carbonyl (C=O) groups excluding carboxylic acids is 1. The Kier molecular flexibility index (Phi) is 2.84. The third kappa shape index (κ3) is 2.17. The molecule has 1 aliphatic rings. The van der Waals surface area contributed by atoms with E-state index in [1.165, 1.54) is 0 Å². The summed E-state index contributed by atoms with van der Waals surface area (Å²) in [5, 5.41) is 19.5. The highest BCUT2D eigenvalue weighted by molar-refractivity contribution is 5.79. The summed E-state index contributed by atoms with van der Waals surface area (Å²) in [5.74, 6) is -0.422. The van der Waals surface area contributed by atoms with Crippen molar-refractivity contribution in [3.05, 3.63) is 0 Å². The third-order valence-electron chi connectivity index (χ3n) is 1.85. The fraction of sp³-hybridized carbons (Fsp3) is 0.625. The first-order valence-corrected chi connectivity index (χ1v) is 3.89. The summed E-state index contributed by atoms with van der Waals surface area (Å²) in [5.41, 5.74) is -0.909. The molecule has 1 N–H and O–H groups in total. The van der Waals surface area contributed by atoms with Gasteiger partial charge in [0.25, 0.3) is 0 Å². The number of nitrogens with zero attached hydrogens (tertiary/aromatic N) is 2. The summed E-state index contributed by atoms with van der Waals surface area (Å²) >= 11 is 0. The molecule has 68 valence electrons. The molecule has 1 atom stereocenters. The topological polar surface area (TPSA) is 85.9 Å². The van der Waals surface area contributed by atoms with Crippen LogP contribution in [0.4, 0.5) is 0 Å². The zero-order chi connectivity index (χ0) is 9.73. The van der Waals surface area contributed by atoms with E-state index in [1.807, 2.05) is 6.07 Å². The second-order valence-electron chi connectivity index (χ2n) is 2.88. The van der Waals surface area contributed by atoms with Crippen molar-refractivity contribution in [3.63, 3.8) is 0 Å². The minimum absolute atomic E-state index is 0.209. The van der Waals surface area contributed by atoms with Gasteiger partial charge in [-0.2, -0.15) is 10.5 Å². The second-order valence-corrected chi connectivity index (χ2v) is 2.88. The van der Waals surface area contributed by atoms with Crippen molar-refractivity contribution < 1.29 is 9.53 Å². The Labute approximate surface area is 75.9 Å². The predicted octanol–water partition coefficient (Wildman–Crippen LogP) is -0.301. The van der Waals surface area contributed by atoms with Crippen molar-refractivity contribution in [2.45, 2.75) is 18.4 Å². The number of hydrogen-bond donors (Lipinski definition) is 1. The van der Waals surface area contributed by atoms with Gasteiger partial charge in [0.15, 0.2) is 5.54 Å². The second kappa shape index (κ2) is 3.88. The minimum Gasteiger partial charge on any atom is -0.378 e. The number of hydrogen-bond acceptors (Lipinski definition) is 4. The Balaban J connectivity index is 2.55. The molecular weight excluding hydrogens is 170 g/mol. The molecule has 0 radical (unpaired) electrons. The largest absolute Gasteiger partial charge is 0.378 e. The van der Waals surface area contributed by atoms with Gasteiger partial charge in [-0.05, 0) is 0 Å². The maximum absolute atomic E-state index is 11.0. The molecule has 0 aliphatic carbocycles. The molecule has 1 amide bonds. The zero-order valence-corrected chi connectivity index (χ0v) is 7.04. The molecular formula is C8H9N3O2. The highest BCUT2D eigenvalue weighted by atomic mass is 16.5. The van der Waals surface area contributed by atoms with Crippen molar-refractivity contribution in [2.24, 2.45) is 0 Å². The van der Waals surface area contributed by atoms with Crippen LogP contribution in [0.25, 0.3) is 0 Å². The van der Waals surface area contributed by atoms with Crippen molar-refractivity contribution >= 4 is 5.91 Å². The molecule has 5 heteroatoms. The standard InChI is InChI=1S/C8H9N3O2/c9-3-1-7(12)11-8(5-10)2-4-13-6-8/h1-2,4,6H2,(H,11,12). The molecule has 5 nitrogen and oxygen atoms in total. The van der Waals surface area contributed by atoms with Gasteiger partial charge in [-0.3, -0.25) is 4.79 Å². The highest BCUT2D eigenvalue weighted by Crippen LogP contribution is 2.17. The molecule has 0 spiro atoms. The van der Waals surface area contributed by atoms with E-state index in [0.717, 1.165) is 0 Å². The average molecular weight is 179 g/mol. The lowest BCUT2D eigenvalue weighted by Gasteiger charge is -2.19. The minimum atomic E-state index is -0.909. The van der Waals surface area contributed by atoms with Crippen LogP contribution in [0, 0.1) is 22.7 Å². The van der Waals surface area contributed by atoms with Gasteiger partial charge in [-0.1, -0.05) is 0 Å². The lowest BCUT2D eigenvalue weighted by molar-refractivity contribution is -0.121. The SMILES string of the molecule is N#CCC(=O)NC1(C#N)CCOC1. The van der Waals surface area contributed by atoms with Crippen LogP contribution in [0.5, 0.6) is 0 Å². The van der Waals surface area contributed by atoms with E-state index in [-0.39, 0.29) is 13.0 Å². The molecule has 1 rings (SSSR count). The number of carbonyl (C=O) groups is 1. The van der Waals surface area contributed by atoms with E-state index in [4.69, 9.17) is 15.3 Å². The van der Waals surface area contributed by atoms with Gasteiger partial charge in [0.2, 0.25) is 5.91 Å². The number of rotatable bonds is 2. The van der Waals surface area contributed by atoms with Crippen LogP contribution >= 0.6 is 0 Å². The fourth-order valence-electron chi connectivity index (χ4n) is 1.16. The summed E-state index contributed by atoms with van der Waals surface area (Å²) in [4.78, 5) is 11.0.